The molecule has 0 saturated heterocycles. The molecule has 0 spiro atoms. The predicted octanol–water partition coefficient (Wildman–Crippen LogP) is 6.52. The van der Waals surface area contributed by atoms with Gasteiger partial charge < -0.3 is 28.4 Å². The maximum absolute atomic E-state index is 10.9. The van der Waals surface area contributed by atoms with E-state index in [1.165, 1.54) is 58.8 Å². The van der Waals surface area contributed by atoms with Crippen LogP contribution in [0.15, 0.2) is 36.4 Å². The van der Waals surface area contributed by atoms with Crippen molar-refractivity contribution in [3.8, 4) is 34.5 Å². The van der Waals surface area contributed by atoms with Crippen LogP contribution in [0.25, 0.3) is 0 Å². The standard InChI is InChI=1S/C14H18O4.C13H16O4.C3H6/c1-10(15)17-12-7-8-13(14(9-12)16-2)18-11-5-3-4-6-11;1-9(14)17-11-5-6-12(13(7-11)15-2)16-8-10-3-4-10;1-2-3-1/h7-9,11H,3-6H2,1-2H3;5-7,10H,3-4,8H2,1-2H3;1-3H2. The van der Waals surface area contributed by atoms with Crippen LogP contribution in [0, 0.1) is 5.92 Å². The third-order valence-electron chi connectivity index (χ3n) is 5.91. The van der Waals surface area contributed by atoms with Gasteiger partial charge >= 0.3 is 11.9 Å². The van der Waals surface area contributed by atoms with Crippen LogP contribution in [-0.4, -0.2) is 38.9 Å². The smallest absolute Gasteiger partial charge is 0.308 e. The van der Waals surface area contributed by atoms with E-state index in [2.05, 4.69) is 0 Å². The third-order valence-corrected chi connectivity index (χ3v) is 5.91. The molecule has 208 valence electrons. The van der Waals surface area contributed by atoms with E-state index in [0.717, 1.165) is 19.4 Å². The van der Waals surface area contributed by atoms with Crippen molar-refractivity contribution in [1.29, 1.82) is 0 Å². The van der Waals surface area contributed by atoms with Gasteiger partial charge in [-0.3, -0.25) is 9.59 Å². The Hall–Kier alpha value is -3.42. The lowest BCUT2D eigenvalue weighted by Gasteiger charge is -2.16. The van der Waals surface area contributed by atoms with Crippen molar-refractivity contribution in [2.45, 2.75) is 77.7 Å². The van der Waals surface area contributed by atoms with Gasteiger partial charge in [0.2, 0.25) is 0 Å². The molecule has 38 heavy (non-hydrogen) atoms. The Labute approximate surface area is 225 Å². The highest BCUT2D eigenvalue weighted by Crippen LogP contribution is 2.35. The second-order valence-corrected chi connectivity index (χ2v) is 9.65. The predicted molar refractivity (Wildman–Crippen MR) is 144 cm³/mol. The Morgan fingerprint density at radius 3 is 1.63 bits per heavy atom. The Morgan fingerprint density at radius 1 is 0.684 bits per heavy atom. The Bertz CT molecular complexity index is 1040. The molecule has 3 aliphatic rings. The monoisotopic (exact) mass is 528 g/mol. The summed E-state index contributed by atoms with van der Waals surface area (Å²) in [7, 11) is 3.14. The summed E-state index contributed by atoms with van der Waals surface area (Å²) in [6.45, 7) is 3.46. The minimum Gasteiger partial charge on any atom is -0.493 e. The van der Waals surface area contributed by atoms with Crippen LogP contribution < -0.4 is 28.4 Å². The van der Waals surface area contributed by atoms with E-state index in [0.29, 0.717) is 40.4 Å². The van der Waals surface area contributed by atoms with Gasteiger partial charge in [-0.1, -0.05) is 19.3 Å². The average Bonchev–Trinajstić information content (AvgIpc) is 3.83. The van der Waals surface area contributed by atoms with Crippen LogP contribution in [0.5, 0.6) is 34.5 Å². The van der Waals surface area contributed by atoms with Gasteiger partial charge in [0.15, 0.2) is 23.0 Å². The van der Waals surface area contributed by atoms with E-state index in [4.69, 9.17) is 28.4 Å². The number of carbonyl (C=O) groups excluding carboxylic acids is 2. The van der Waals surface area contributed by atoms with Crippen LogP contribution in [0.4, 0.5) is 0 Å². The highest BCUT2D eigenvalue weighted by atomic mass is 16.5. The lowest BCUT2D eigenvalue weighted by atomic mass is 10.2. The summed E-state index contributed by atoms with van der Waals surface area (Å²) >= 11 is 0. The molecule has 8 heteroatoms. The van der Waals surface area contributed by atoms with Crippen molar-refractivity contribution >= 4 is 11.9 Å². The van der Waals surface area contributed by atoms with E-state index in [1.807, 2.05) is 0 Å². The normalized spacial score (nSPS) is 15.6. The molecule has 0 radical (unpaired) electrons. The Kier molecular flexibility index (Phi) is 11.6. The molecule has 0 unspecified atom stereocenters. The van der Waals surface area contributed by atoms with Crippen molar-refractivity contribution in [3.05, 3.63) is 36.4 Å². The van der Waals surface area contributed by atoms with E-state index in [-0.39, 0.29) is 18.0 Å². The second-order valence-electron chi connectivity index (χ2n) is 9.65. The molecule has 0 bridgehead atoms. The van der Waals surface area contributed by atoms with Crippen molar-refractivity contribution in [1.82, 2.24) is 0 Å². The summed E-state index contributed by atoms with van der Waals surface area (Å²) in [5.41, 5.74) is 0. The first-order valence-electron chi connectivity index (χ1n) is 13.4. The van der Waals surface area contributed by atoms with Gasteiger partial charge in [-0.05, 0) is 68.7 Å². The fraction of sp³-hybridized carbons (Fsp3) is 0.533. The molecule has 0 atom stereocenters. The van der Waals surface area contributed by atoms with E-state index >= 15 is 0 Å². The molecule has 0 aliphatic heterocycles. The minimum absolute atomic E-state index is 0.276. The molecule has 8 nitrogen and oxygen atoms in total. The summed E-state index contributed by atoms with van der Waals surface area (Å²) in [6.07, 6.45) is 11.9. The van der Waals surface area contributed by atoms with E-state index in [1.54, 1.807) is 50.6 Å². The number of rotatable bonds is 9. The van der Waals surface area contributed by atoms with Gasteiger partial charge in [-0.15, -0.1) is 0 Å². The van der Waals surface area contributed by atoms with Crippen LogP contribution in [0.1, 0.15) is 71.6 Å². The van der Waals surface area contributed by atoms with Crippen molar-refractivity contribution < 1.29 is 38.0 Å². The van der Waals surface area contributed by atoms with Gasteiger partial charge in [0.25, 0.3) is 0 Å². The highest BCUT2D eigenvalue weighted by molar-refractivity contribution is 5.70. The van der Waals surface area contributed by atoms with Crippen LogP contribution in [-0.2, 0) is 9.59 Å². The average molecular weight is 529 g/mol. The molecular formula is C30H40O8. The molecule has 0 aromatic heterocycles. The molecule has 0 amide bonds. The fourth-order valence-corrected chi connectivity index (χ4v) is 3.65. The zero-order chi connectivity index (χ0) is 27.3. The lowest BCUT2D eigenvalue weighted by molar-refractivity contribution is -0.132. The maximum atomic E-state index is 10.9. The minimum atomic E-state index is -0.348. The largest absolute Gasteiger partial charge is 0.493 e. The van der Waals surface area contributed by atoms with Gasteiger partial charge in [0.05, 0.1) is 26.9 Å². The van der Waals surface area contributed by atoms with Crippen molar-refractivity contribution in [3.63, 3.8) is 0 Å². The molecule has 3 fully saturated rings. The molecule has 3 aliphatic carbocycles. The summed E-state index contributed by atoms with van der Waals surface area (Å²) in [5, 5.41) is 0. The third kappa shape index (κ3) is 10.9. The van der Waals surface area contributed by atoms with Gasteiger partial charge in [-0.2, -0.15) is 0 Å². The number of hydrogen-bond donors (Lipinski definition) is 0. The maximum Gasteiger partial charge on any atom is 0.308 e. The zero-order valence-corrected chi connectivity index (χ0v) is 23.0. The topological polar surface area (TPSA) is 89.5 Å². The summed E-state index contributed by atoms with van der Waals surface area (Å²) in [6, 6.07) is 10.3. The van der Waals surface area contributed by atoms with Crippen LogP contribution in [0.2, 0.25) is 0 Å². The quantitative estimate of drug-likeness (QED) is 0.268. The van der Waals surface area contributed by atoms with Crippen LogP contribution in [0.3, 0.4) is 0 Å². The number of benzene rings is 2. The lowest BCUT2D eigenvalue weighted by Crippen LogP contribution is -2.11. The van der Waals surface area contributed by atoms with Gasteiger partial charge in [0.1, 0.15) is 11.5 Å². The molecule has 5 rings (SSSR count). The molecule has 0 N–H and O–H groups in total. The molecule has 3 saturated carbocycles. The number of esters is 2. The molecular weight excluding hydrogens is 488 g/mol. The summed E-state index contributed by atoms with van der Waals surface area (Å²) in [4.78, 5) is 21.7. The van der Waals surface area contributed by atoms with Gasteiger partial charge in [-0.25, -0.2) is 0 Å². The Morgan fingerprint density at radius 2 is 1.18 bits per heavy atom. The first-order valence-corrected chi connectivity index (χ1v) is 13.4. The van der Waals surface area contributed by atoms with Gasteiger partial charge in [0, 0.05) is 26.0 Å². The number of carbonyl (C=O) groups is 2. The molecule has 0 heterocycles. The first-order chi connectivity index (χ1) is 18.4. The SMILES string of the molecule is C1CC1.COc1cc(OC(C)=O)ccc1OC1CCCC1.COc1cc(OC(C)=O)ccc1OCC1CC1. The summed E-state index contributed by atoms with van der Waals surface area (Å²) in [5.74, 6) is 3.51. The van der Waals surface area contributed by atoms with E-state index < -0.39 is 0 Å². The number of methoxy groups -OCH3 is 2. The van der Waals surface area contributed by atoms with Crippen molar-refractivity contribution in [2.24, 2.45) is 5.92 Å². The van der Waals surface area contributed by atoms with Crippen molar-refractivity contribution in [2.75, 3.05) is 20.8 Å². The highest BCUT2D eigenvalue weighted by Gasteiger charge is 2.22. The zero-order valence-electron chi connectivity index (χ0n) is 23.0. The number of hydrogen-bond acceptors (Lipinski definition) is 8. The molecule has 2 aromatic carbocycles. The Balaban J connectivity index is 0.000000189. The number of ether oxygens (including phenoxy) is 6. The molecule has 2 aromatic rings. The summed E-state index contributed by atoms with van der Waals surface area (Å²) < 4.78 is 32.0. The second kappa shape index (κ2) is 15.1. The van der Waals surface area contributed by atoms with E-state index in [9.17, 15) is 9.59 Å². The first kappa shape index (κ1) is 29.1. The van der Waals surface area contributed by atoms with Crippen LogP contribution >= 0.6 is 0 Å². The fourth-order valence-electron chi connectivity index (χ4n) is 3.65.